The first-order chi connectivity index (χ1) is 15.2. The number of carbonyl (C=O) groups excluding carboxylic acids is 1. The molecular formula is C25H29FNO4S+. The summed E-state index contributed by atoms with van der Waals surface area (Å²) < 4.78 is 24.9. The Kier molecular flexibility index (Phi) is 7.75. The van der Waals surface area contributed by atoms with Gasteiger partial charge in [-0.05, 0) is 48.7 Å². The van der Waals surface area contributed by atoms with E-state index in [1.807, 2.05) is 30.3 Å². The van der Waals surface area contributed by atoms with Crippen LogP contribution in [0.1, 0.15) is 43.9 Å². The predicted molar refractivity (Wildman–Crippen MR) is 121 cm³/mol. The monoisotopic (exact) mass is 458 g/mol. The van der Waals surface area contributed by atoms with E-state index in [-0.39, 0.29) is 12.4 Å². The van der Waals surface area contributed by atoms with Gasteiger partial charge in [-0.15, -0.1) is 11.1 Å². The summed E-state index contributed by atoms with van der Waals surface area (Å²) in [6.45, 7) is 4.14. The summed E-state index contributed by atoms with van der Waals surface area (Å²) in [5, 5.41) is 10.7. The van der Waals surface area contributed by atoms with Crippen molar-refractivity contribution in [2.24, 2.45) is 0 Å². The molecule has 0 bridgehead atoms. The quantitative estimate of drug-likeness (QED) is 0.272. The number of terminal acetylenes is 1. The number of benzene rings is 2. The molecule has 1 saturated heterocycles. The van der Waals surface area contributed by atoms with Crippen molar-refractivity contribution in [2.45, 2.75) is 48.1 Å². The summed E-state index contributed by atoms with van der Waals surface area (Å²) in [5.74, 6) is 1.65. The molecule has 1 aliphatic heterocycles. The highest BCUT2D eigenvalue weighted by atomic mass is 32.2. The lowest BCUT2D eigenvalue weighted by atomic mass is 9.86. The van der Waals surface area contributed by atoms with E-state index in [4.69, 9.17) is 15.9 Å². The average Bonchev–Trinajstić information content (AvgIpc) is 2.79. The van der Waals surface area contributed by atoms with Crippen molar-refractivity contribution in [3.63, 3.8) is 0 Å². The summed E-state index contributed by atoms with van der Waals surface area (Å²) in [6.07, 6.45) is 6.71. The van der Waals surface area contributed by atoms with Crippen LogP contribution in [0.15, 0.2) is 52.3 Å². The third kappa shape index (κ3) is 5.06. The maximum atomic E-state index is 14.5. The van der Waals surface area contributed by atoms with Gasteiger partial charge in [0.1, 0.15) is 5.82 Å². The molecule has 1 amide bonds. The minimum Gasteiger partial charge on any atom is -0.381 e. The third-order valence-electron chi connectivity index (χ3n) is 6.21. The molecule has 7 heteroatoms. The van der Waals surface area contributed by atoms with Gasteiger partial charge in [0.25, 0.3) is 0 Å². The summed E-state index contributed by atoms with van der Waals surface area (Å²) in [4.78, 5) is 13.7. The number of carbonyl (C=O) groups is 1. The van der Waals surface area contributed by atoms with Crippen molar-refractivity contribution in [1.29, 1.82) is 0 Å². The smallest absolute Gasteiger partial charge is 0.343 e. The lowest BCUT2D eigenvalue weighted by molar-refractivity contribution is -1.06. The standard InChI is InChI=1S/C25H29FNO4S/c1-5-12-27(29,19(3)28)18(2)20-6-8-23(9-7-20)32-24-16-21(15-22(26)17-24)25(30-4)10-13-31-14-11-25/h1,6-9,15-18,29H,10-14H2,2-4H3/q+1. The Labute approximate surface area is 193 Å². The molecule has 1 N–H and O–H groups in total. The zero-order chi connectivity index (χ0) is 23.4. The summed E-state index contributed by atoms with van der Waals surface area (Å²) in [5.41, 5.74) is 1.05. The topological polar surface area (TPSA) is 55.8 Å². The van der Waals surface area contributed by atoms with Crippen molar-refractivity contribution >= 4 is 17.7 Å². The van der Waals surface area contributed by atoms with Crippen LogP contribution in [0.25, 0.3) is 0 Å². The van der Waals surface area contributed by atoms with Crippen molar-refractivity contribution in [3.05, 3.63) is 59.4 Å². The molecule has 0 spiro atoms. The minimum atomic E-state index is -0.848. The lowest BCUT2D eigenvalue weighted by Crippen LogP contribution is -2.50. The van der Waals surface area contributed by atoms with E-state index < -0.39 is 22.2 Å². The predicted octanol–water partition coefficient (Wildman–Crippen LogP) is 5.08. The number of nitrogens with zero attached hydrogens (tertiary/aromatic N) is 1. The van der Waals surface area contributed by atoms with Gasteiger partial charge in [-0.25, -0.2) is 14.4 Å². The fourth-order valence-electron chi connectivity index (χ4n) is 4.05. The second-order valence-electron chi connectivity index (χ2n) is 8.04. The van der Waals surface area contributed by atoms with Crippen LogP contribution in [0.4, 0.5) is 4.39 Å². The maximum absolute atomic E-state index is 14.5. The number of hydrogen-bond donors (Lipinski definition) is 1. The van der Waals surface area contributed by atoms with Gasteiger partial charge in [-0.3, -0.25) is 0 Å². The molecule has 1 fully saturated rings. The Morgan fingerprint density at radius 3 is 2.50 bits per heavy atom. The van der Waals surface area contributed by atoms with Crippen LogP contribution >= 0.6 is 11.8 Å². The van der Waals surface area contributed by atoms with E-state index in [2.05, 4.69) is 5.92 Å². The molecule has 32 heavy (non-hydrogen) atoms. The first kappa shape index (κ1) is 24.4. The number of halogens is 1. The number of hydrogen-bond acceptors (Lipinski definition) is 5. The second kappa shape index (κ2) is 10.2. The Balaban J connectivity index is 1.82. The number of ether oxygens (including phenoxy) is 2. The molecule has 2 atom stereocenters. The van der Waals surface area contributed by atoms with Gasteiger partial charge >= 0.3 is 5.91 Å². The molecule has 2 aromatic rings. The Morgan fingerprint density at radius 2 is 1.94 bits per heavy atom. The minimum absolute atomic E-state index is 0.106. The number of quaternary nitrogens is 1. The first-order valence-corrected chi connectivity index (χ1v) is 11.3. The van der Waals surface area contributed by atoms with Gasteiger partial charge in [0.2, 0.25) is 0 Å². The zero-order valence-corrected chi connectivity index (χ0v) is 19.5. The fraction of sp³-hybridized carbons (Fsp3) is 0.400. The normalized spacial score (nSPS) is 18.4. The number of methoxy groups -OCH3 is 1. The Bertz CT molecular complexity index is 998. The third-order valence-corrected chi connectivity index (χ3v) is 7.18. The lowest BCUT2D eigenvalue weighted by Gasteiger charge is -2.36. The molecule has 3 rings (SSSR count). The summed E-state index contributed by atoms with van der Waals surface area (Å²) in [7, 11) is 1.66. The van der Waals surface area contributed by atoms with Crippen molar-refractivity contribution in [1.82, 2.24) is 0 Å². The van der Waals surface area contributed by atoms with E-state index in [1.165, 1.54) is 30.8 Å². The van der Waals surface area contributed by atoms with Gasteiger partial charge in [-0.2, -0.15) is 0 Å². The number of amides is 1. The number of rotatable bonds is 7. The Morgan fingerprint density at radius 1 is 1.28 bits per heavy atom. The first-order valence-electron chi connectivity index (χ1n) is 10.5. The average molecular weight is 459 g/mol. The molecular weight excluding hydrogens is 429 g/mol. The SMILES string of the molecule is C#CC[N+](O)(C(C)=O)C(C)c1ccc(Sc2cc(F)cc(C3(OC)CCOCC3)c2)cc1. The van der Waals surface area contributed by atoms with E-state index in [0.717, 1.165) is 20.9 Å². The van der Waals surface area contributed by atoms with Crippen LogP contribution in [0, 0.1) is 18.2 Å². The van der Waals surface area contributed by atoms with Crippen LogP contribution in [0.5, 0.6) is 0 Å². The van der Waals surface area contributed by atoms with E-state index in [9.17, 15) is 14.4 Å². The van der Waals surface area contributed by atoms with Crippen LogP contribution in [0.3, 0.4) is 0 Å². The van der Waals surface area contributed by atoms with Crippen molar-refractivity contribution in [2.75, 3.05) is 26.9 Å². The Hall–Kier alpha value is -2.21. The van der Waals surface area contributed by atoms with Gasteiger partial charge in [0.05, 0.1) is 12.5 Å². The van der Waals surface area contributed by atoms with Gasteiger partial charge in [0.15, 0.2) is 12.6 Å². The molecule has 170 valence electrons. The largest absolute Gasteiger partial charge is 0.381 e. The fourth-order valence-corrected chi connectivity index (χ4v) is 4.96. The summed E-state index contributed by atoms with van der Waals surface area (Å²) in [6, 6.07) is 12.0. The molecule has 1 heterocycles. The number of hydroxylamine groups is 3. The van der Waals surface area contributed by atoms with E-state index in [0.29, 0.717) is 26.1 Å². The van der Waals surface area contributed by atoms with Gasteiger partial charge in [0, 0.05) is 48.5 Å². The maximum Gasteiger partial charge on any atom is 0.343 e. The molecule has 0 saturated carbocycles. The molecule has 0 aromatic heterocycles. The second-order valence-corrected chi connectivity index (χ2v) is 9.19. The van der Waals surface area contributed by atoms with E-state index >= 15 is 0 Å². The zero-order valence-electron chi connectivity index (χ0n) is 18.6. The highest BCUT2D eigenvalue weighted by Crippen LogP contribution is 2.39. The molecule has 0 radical (unpaired) electrons. The van der Waals surface area contributed by atoms with Crippen molar-refractivity contribution in [3.8, 4) is 12.3 Å². The van der Waals surface area contributed by atoms with Crippen LogP contribution in [-0.4, -0.2) is 42.6 Å². The van der Waals surface area contributed by atoms with Gasteiger partial charge in [-0.1, -0.05) is 23.9 Å². The molecule has 0 aliphatic carbocycles. The van der Waals surface area contributed by atoms with Crippen LogP contribution in [0.2, 0.25) is 0 Å². The molecule has 5 nitrogen and oxygen atoms in total. The van der Waals surface area contributed by atoms with Gasteiger partial charge < -0.3 is 9.47 Å². The van der Waals surface area contributed by atoms with Crippen LogP contribution in [-0.2, 0) is 19.9 Å². The highest BCUT2D eigenvalue weighted by molar-refractivity contribution is 7.99. The summed E-state index contributed by atoms with van der Waals surface area (Å²) >= 11 is 1.44. The highest BCUT2D eigenvalue weighted by Gasteiger charge is 2.39. The van der Waals surface area contributed by atoms with Crippen molar-refractivity contribution < 1.29 is 28.5 Å². The molecule has 2 aromatic carbocycles. The molecule has 2 unspecified atom stereocenters. The van der Waals surface area contributed by atoms with E-state index in [1.54, 1.807) is 14.0 Å². The van der Waals surface area contributed by atoms with Crippen LogP contribution < -0.4 is 0 Å². The molecule has 1 aliphatic rings.